The summed E-state index contributed by atoms with van der Waals surface area (Å²) in [4.78, 5) is 22.9. The van der Waals surface area contributed by atoms with Crippen molar-refractivity contribution in [1.82, 2.24) is 0 Å². The summed E-state index contributed by atoms with van der Waals surface area (Å²) in [6, 6.07) is 13.9. The topological polar surface area (TPSA) is 85.4 Å². The van der Waals surface area contributed by atoms with Crippen LogP contribution in [0, 0.1) is 10.1 Å². The van der Waals surface area contributed by atoms with Crippen LogP contribution in [0.2, 0.25) is 10.0 Å². The number of hydrogen-bond acceptors (Lipinski definition) is 4. The van der Waals surface area contributed by atoms with Crippen LogP contribution in [0.5, 0.6) is 0 Å². The number of anilines is 1. The second-order valence-corrected chi connectivity index (χ2v) is 5.86. The number of halogens is 2. The third kappa shape index (κ3) is 3.65. The number of para-hydroxylation sites is 1. The van der Waals surface area contributed by atoms with Gasteiger partial charge in [0.1, 0.15) is 5.76 Å². The number of hydrogen-bond donors (Lipinski definition) is 1. The Balaban J connectivity index is 1.89. The van der Waals surface area contributed by atoms with Crippen molar-refractivity contribution in [3.63, 3.8) is 0 Å². The summed E-state index contributed by atoms with van der Waals surface area (Å²) < 4.78 is 5.47. The molecule has 2 aromatic carbocycles. The maximum absolute atomic E-state index is 12.3. The molecule has 0 atom stereocenters. The molecule has 1 amide bonds. The van der Waals surface area contributed by atoms with Gasteiger partial charge < -0.3 is 9.73 Å². The molecule has 1 N–H and O–H groups in total. The third-order valence-corrected chi connectivity index (χ3v) is 3.94. The maximum Gasteiger partial charge on any atom is 0.291 e. The van der Waals surface area contributed by atoms with Crippen molar-refractivity contribution in [3.05, 3.63) is 80.5 Å². The first kappa shape index (κ1) is 17.0. The summed E-state index contributed by atoms with van der Waals surface area (Å²) in [5.41, 5.74) is 0.454. The monoisotopic (exact) mass is 376 g/mol. The molecule has 25 heavy (non-hydrogen) atoms. The van der Waals surface area contributed by atoms with E-state index in [1.165, 1.54) is 30.3 Å². The smallest absolute Gasteiger partial charge is 0.291 e. The van der Waals surface area contributed by atoms with Gasteiger partial charge in [-0.15, -0.1) is 0 Å². The predicted octanol–water partition coefficient (Wildman–Crippen LogP) is 5.41. The van der Waals surface area contributed by atoms with Crippen molar-refractivity contribution >= 4 is 40.5 Å². The number of amides is 1. The Labute approximate surface area is 152 Å². The molecule has 1 aromatic heterocycles. The Bertz CT molecular complexity index is 969. The Morgan fingerprint density at radius 1 is 1.08 bits per heavy atom. The lowest BCUT2D eigenvalue weighted by atomic mass is 10.1. The minimum atomic E-state index is -0.562. The summed E-state index contributed by atoms with van der Waals surface area (Å²) in [7, 11) is 0. The van der Waals surface area contributed by atoms with Crippen LogP contribution < -0.4 is 5.32 Å². The van der Waals surface area contributed by atoms with Crippen LogP contribution in [-0.4, -0.2) is 10.8 Å². The molecule has 126 valence electrons. The van der Waals surface area contributed by atoms with Gasteiger partial charge in [-0.25, -0.2) is 0 Å². The molecule has 0 fully saturated rings. The first-order chi connectivity index (χ1) is 12.0. The summed E-state index contributed by atoms with van der Waals surface area (Å²) >= 11 is 11.8. The number of rotatable bonds is 4. The van der Waals surface area contributed by atoms with Gasteiger partial charge in [-0.05, 0) is 36.4 Å². The van der Waals surface area contributed by atoms with Crippen LogP contribution >= 0.6 is 23.2 Å². The molecule has 0 aliphatic heterocycles. The SMILES string of the molecule is O=C(Nc1ccccc1Cl)c1ccc(-c2ccc(Cl)cc2[N+](=O)[O-])o1. The Kier molecular flexibility index (Phi) is 4.74. The van der Waals surface area contributed by atoms with Crippen molar-refractivity contribution in [2.45, 2.75) is 0 Å². The van der Waals surface area contributed by atoms with Crippen molar-refractivity contribution in [2.24, 2.45) is 0 Å². The molecule has 0 bridgehead atoms. The van der Waals surface area contributed by atoms with Gasteiger partial charge in [0.25, 0.3) is 11.6 Å². The number of nitro groups is 1. The first-order valence-electron chi connectivity index (χ1n) is 7.06. The Morgan fingerprint density at radius 3 is 2.56 bits per heavy atom. The largest absolute Gasteiger partial charge is 0.451 e. The number of nitrogens with one attached hydrogen (secondary N) is 1. The number of nitrogens with zero attached hydrogens (tertiary/aromatic N) is 1. The highest BCUT2D eigenvalue weighted by Crippen LogP contribution is 2.33. The van der Waals surface area contributed by atoms with E-state index in [0.29, 0.717) is 10.7 Å². The molecule has 1 heterocycles. The summed E-state index contributed by atoms with van der Waals surface area (Å²) in [6.07, 6.45) is 0. The average molecular weight is 377 g/mol. The zero-order valence-corrected chi connectivity index (χ0v) is 14.0. The van der Waals surface area contributed by atoms with Gasteiger partial charge in [-0.2, -0.15) is 0 Å². The number of benzene rings is 2. The maximum atomic E-state index is 12.3. The molecule has 3 rings (SSSR count). The van der Waals surface area contributed by atoms with Crippen molar-refractivity contribution in [3.8, 4) is 11.3 Å². The van der Waals surface area contributed by atoms with E-state index < -0.39 is 10.8 Å². The molecule has 8 heteroatoms. The summed E-state index contributed by atoms with van der Waals surface area (Å²) in [5, 5.41) is 14.4. The normalized spacial score (nSPS) is 10.5. The Hall–Kier alpha value is -2.83. The fraction of sp³-hybridized carbons (Fsp3) is 0. The molecule has 0 aliphatic carbocycles. The van der Waals surface area contributed by atoms with E-state index in [9.17, 15) is 14.9 Å². The zero-order chi connectivity index (χ0) is 18.0. The molecular formula is C17H10Cl2N2O4. The van der Waals surface area contributed by atoms with Crippen LogP contribution in [0.25, 0.3) is 11.3 Å². The number of nitro benzene ring substituents is 1. The quantitative estimate of drug-likeness (QED) is 0.486. The zero-order valence-electron chi connectivity index (χ0n) is 12.5. The second kappa shape index (κ2) is 6.96. The third-order valence-electron chi connectivity index (χ3n) is 3.37. The van der Waals surface area contributed by atoms with Crippen LogP contribution in [0.4, 0.5) is 11.4 Å². The molecule has 0 unspecified atom stereocenters. The van der Waals surface area contributed by atoms with Crippen LogP contribution in [0.1, 0.15) is 10.6 Å². The Morgan fingerprint density at radius 2 is 1.84 bits per heavy atom. The highest BCUT2D eigenvalue weighted by Gasteiger charge is 2.20. The highest BCUT2D eigenvalue weighted by molar-refractivity contribution is 6.33. The lowest BCUT2D eigenvalue weighted by Gasteiger charge is -2.05. The number of furan rings is 1. The van der Waals surface area contributed by atoms with Crippen LogP contribution in [-0.2, 0) is 0 Å². The minimum absolute atomic E-state index is 0.000771. The van der Waals surface area contributed by atoms with E-state index in [1.807, 2.05) is 0 Å². The van der Waals surface area contributed by atoms with E-state index in [4.69, 9.17) is 27.6 Å². The van der Waals surface area contributed by atoms with Gasteiger partial charge >= 0.3 is 0 Å². The van der Waals surface area contributed by atoms with Gasteiger partial charge in [0, 0.05) is 11.1 Å². The highest BCUT2D eigenvalue weighted by atomic mass is 35.5. The lowest BCUT2D eigenvalue weighted by molar-refractivity contribution is -0.384. The van der Waals surface area contributed by atoms with E-state index in [-0.39, 0.29) is 27.8 Å². The molecule has 0 saturated heterocycles. The van der Waals surface area contributed by atoms with Crippen LogP contribution in [0.3, 0.4) is 0 Å². The van der Waals surface area contributed by atoms with Gasteiger partial charge in [0.2, 0.25) is 0 Å². The lowest BCUT2D eigenvalue weighted by Crippen LogP contribution is -2.11. The molecule has 0 radical (unpaired) electrons. The fourth-order valence-electron chi connectivity index (χ4n) is 2.22. The predicted molar refractivity (Wildman–Crippen MR) is 95.2 cm³/mol. The average Bonchev–Trinajstić information content (AvgIpc) is 3.06. The van der Waals surface area contributed by atoms with E-state index >= 15 is 0 Å². The summed E-state index contributed by atoms with van der Waals surface area (Å²) in [6.45, 7) is 0. The van der Waals surface area contributed by atoms with Gasteiger partial charge in [0.15, 0.2) is 5.76 Å². The van der Waals surface area contributed by atoms with Gasteiger partial charge in [-0.3, -0.25) is 14.9 Å². The van der Waals surface area contributed by atoms with Crippen molar-refractivity contribution < 1.29 is 14.1 Å². The minimum Gasteiger partial charge on any atom is -0.451 e. The first-order valence-corrected chi connectivity index (χ1v) is 7.81. The number of carbonyl (C=O) groups excluding carboxylic acids is 1. The number of carbonyl (C=O) groups is 1. The van der Waals surface area contributed by atoms with E-state index in [0.717, 1.165) is 0 Å². The van der Waals surface area contributed by atoms with Gasteiger partial charge in [0.05, 0.1) is 21.2 Å². The van der Waals surface area contributed by atoms with E-state index in [2.05, 4.69) is 5.32 Å². The molecule has 0 aliphatic rings. The molecular weight excluding hydrogens is 367 g/mol. The molecule has 6 nitrogen and oxygen atoms in total. The van der Waals surface area contributed by atoms with E-state index in [1.54, 1.807) is 24.3 Å². The summed E-state index contributed by atoms with van der Waals surface area (Å²) in [5.74, 6) is -0.331. The molecule has 3 aromatic rings. The van der Waals surface area contributed by atoms with Crippen LogP contribution in [0.15, 0.2) is 59.0 Å². The molecule has 0 spiro atoms. The molecule has 0 saturated carbocycles. The standard InChI is InChI=1S/C17H10Cl2N2O4/c18-10-5-6-11(14(9-10)21(23)24)15-7-8-16(25-15)17(22)20-13-4-2-1-3-12(13)19/h1-9H,(H,20,22). The van der Waals surface area contributed by atoms with Crippen molar-refractivity contribution in [2.75, 3.05) is 5.32 Å². The fourth-order valence-corrected chi connectivity index (χ4v) is 2.56. The van der Waals surface area contributed by atoms with Crippen molar-refractivity contribution in [1.29, 1.82) is 0 Å². The second-order valence-electron chi connectivity index (χ2n) is 5.02. The van der Waals surface area contributed by atoms with Gasteiger partial charge in [-0.1, -0.05) is 35.3 Å².